The zero-order chi connectivity index (χ0) is 11.4. The molecule has 0 spiro atoms. The molecule has 1 aliphatic rings. The molecule has 1 fully saturated rings. The number of carbonyl (C=O) groups is 1. The Labute approximate surface area is 95.3 Å². The molecule has 0 aromatic carbocycles. The molecule has 2 rings (SSSR count). The second-order valence-corrected chi connectivity index (χ2v) is 4.26. The van der Waals surface area contributed by atoms with E-state index < -0.39 is 0 Å². The van der Waals surface area contributed by atoms with Crippen molar-refractivity contribution in [3.05, 3.63) is 29.6 Å². The lowest BCUT2D eigenvalue weighted by molar-refractivity contribution is 0.0934. The quantitative estimate of drug-likeness (QED) is 0.796. The van der Waals surface area contributed by atoms with Crippen LogP contribution in [0.1, 0.15) is 35.3 Å². The van der Waals surface area contributed by atoms with Crippen molar-refractivity contribution < 1.29 is 4.79 Å². The van der Waals surface area contributed by atoms with Crippen LogP contribution in [0.3, 0.4) is 0 Å². The normalized spacial score (nSPS) is 15.6. The van der Waals surface area contributed by atoms with E-state index >= 15 is 0 Å². The molecule has 1 amide bonds. The molecule has 1 aromatic heterocycles. The van der Waals surface area contributed by atoms with Gasteiger partial charge in [-0.1, -0.05) is 12.5 Å². The first-order valence-electron chi connectivity index (χ1n) is 5.73. The van der Waals surface area contributed by atoms with E-state index in [1.54, 1.807) is 12.3 Å². The van der Waals surface area contributed by atoms with Gasteiger partial charge in [0.2, 0.25) is 0 Å². The van der Waals surface area contributed by atoms with Crippen LogP contribution in [0.15, 0.2) is 18.3 Å². The summed E-state index contributed by atoms with van der Waals surface area (Å²) in [6.07, 6.45) is 5.42. The molecule has 0 saturated heterocycles. The molecule has 0 aliphatic heterocycles. The van der Waals surface area contributed by atoms with Crippen LogP contribution in [0, 0.1) is 5.92 Å². The topological polar surface area (TPSA) is 68.0 Å². The smallest absolute Gasteiger partial charge is 0.269 e. The van der Waals surface area contributed by atoms with E-state index in [4.69, 9.17) is 5.73 Å². The molecular formula is C12H17N3O. The third-order valence-electron chi connectivity index (χ3n) is 3.07. The summed E-state index contributed by atoms with van der Waals surface area (Å²) >= 11 is 0. The summed E-state index contributed by atoms with van der Waals surface area (Å²) in [6, 6.07) is 3.56. The molecule has 1 heterocycles. The van der Waals surface area contributed by atoms with Gasteiger partial charge in [0, 0.05) is 19.3 Å². The van der Waals surface area contributed by atoms with Crippen molar-refractivity contribution in [2.24, 2.45) is 11.7 Å². The Morgan fingerprint density at radius 3 is 2.81 bits per heavy atom. The van der Waals surface area contributed by atoms with Crippen LogP contribution in [0.5, 0.6) is 0 Å². The molecule has 0 bridgehead atoms. The maximum Gasteiger partial charge on any atom is 0.269 e. The van der Waals surface area contributed by atoms with Crippen LogP contribution < -0.4 is 11.1 Å². The fourth-order valence-corrected chi connectivity index (χ4v) is 1.70. The van der Waals surface area contributed by atoms with Gasteiger partial charge in [0.15, 0.2) is 0 Å². The van der Waals surface area contributed by atoms with Gasteiger partial charge in [-0.2, -0.15) is 0 Å². The molecule has 16 heavy (non-hydrogen) atoms. The maximum absolute atomic E-state index is 11.7. The predicted octanol–water partition coefficient (Wildman–Crippen LogP) is 1.07. The highest BCUT2D eigenvalue weighted by Gasteiger charge is 2.18. The van der Waals surface area contributed by atoms with Crippen molar-refractivity contribution in [3.63, 3.8) is 0 Å². The minimum absolute atomic E-state index is 0.0875. The van der Waals surface area contributed by atoms with Gasteiger partial charge in [-0.05, 0) is 30.4 Å². The van der Waals surface area contributed by atoms with Gasteiger partial charge in [-0.15, -0.1) is 0 Å². The van der Waals surface area contributed by atoms with Gasteiger partial charge >= 0.3 is 0 Å². The summed E-state index contributed by atoms with van der Waals surface area (Å²) in [4.78, 5) is 15.8. The lowest BCUT2D eigenvalue weighted by atomic mass is 9.85. The number of carbonyl (C=O) groups excluding carboxylic acids is 1. The van der Waals surface area contributed by atoms with Crippen molar-refractivity contribution in [1.82, 2.24) is 10.3 Å². The van der Waals surface area contributed by atoms with Gasteiger partial charge in [0.25, 0.3) is 5.91 Å². The molecule has 86 valence electrons. The first-order chi connectivity index (χ1) is 7.79. The molecule has 4 nitrogen and oxygen atoms in total. The number of nitrogens with zero attached hydrogens (tertiary/aromatic N) is 1. The van der Waals surface area contributed by atoms with Crippen molar-refractivity contribution in [3.8, 4) is 0 Å². The Morgan fingerprint density at radius 2 is 2.31 bits per heavy atom. The monoisotopic (exact) mass is 219 g/mol. The van der Waals surface area contributed by atoms with E-state index in [1.807, 2.05) is 6.07 Å². The number of amides is 1. The van der Waals surface area contributed by atoms with Gasteiger partial charge in [0.05, 0.1) is 0 Å². The number of pyridine rings is 1. The van der Waals surface area contributed by atoms with Crippen LogP contribution in [0.4, 0.5) is 0 Å². The molecular weight excluding hydrogens is 202 g/mol. The Morgan fingerprint density at radius 1 is 1.50 bits per heavy atom. The summed E-state index contributed by atoms with van der Waals surface area (Å²) in [7, 11) is 0. The van der Waals surface area contributed by atoms with E-state index in [0.29, 0.717) is 18.2 Å². The second kappa shape index (κ2) is 5.07. The van der Waals surface area contributed by atoms with Gasteiger partial charge in [-0.25, -0.2) is 0 Å². The highest BCUT2D eigenvalue weighted by molar-refractivity contribution is 5.92. The number of hydrogen-bond acceptors (Lipinski definition) is 3. The molecule has 0 radical (unpaired) electrons. The van der Waals surface area contributed by atoms with Crippen LogP contribution in [-0.2, 0) is 6.54 Å². The second-order valence-electron chi connectivity index (χ2n) is 4.26. The number of hydrogen-bond donors (Lipinski definition) is 2. The highest BCUT2D eigenvalue weighted by atomic mass is 16.1. The fraction of sp³-hybridized carbons (Fsp3) is 0.500. The minimum Gasteiger partial charge on any atom is -0.350 e. The molecule has 1 aromatic rings. The van der Waals surface area contributed by atoms with Crippen molar-refractivity contribution in [2.75, 3.05) is 6.54 Å². The Balaban J connectivity index is 1.86. The van der Waals surface area contributed by atoms with E-state index in [0.717, 1.165) is 12.1 Å². The summed E-state index contributed by atoms with van der Waals surface area (Å²) in [5.41, 5.74) is 6.87. The third-order valence-corrected chi connectivity index (χ3v) is 3.07. The number of nitrogens with two attached hydrogens (primary N) is 1. The van der Waals surface area contributed by atoms with E-state index in [9.17, 15) is 4.79 Å². The molecule has 3 N–H and O–H groups in total. The average molecular weight is 219 g/mol. The van der Waals surface area contributed by atoms with Crippen LogP contribution in [-0.4, -0.2) is 17.4 Å². The number of nitrogens with one attached hydrogen (secondary N) is 1. The average Bonchev–Trinajstić information content (AvgIpc) is 2.27. The first kappa shape index (κ1) is 11.1. The van der Waals surface area contributed by atoms with Crippen molar-refractivity contribution in [2.45, 2.75) is 25.8 Å². The Bertz CT molecular complexity index is 357. The van der Waals surface area contributed by atoms with Gasteiger partial charge in [-0.3, -0.25) is 9.78 Å². The van der Waals surface area contributed by atoms with Crippen LogP contribution in [0.2, 0.25) is 0 Å². The largest absolute Gasteiger partial charge is 0.350 e. The SMILES string of the molecule is NCc1ccc(C(=O)NCC2CCC2)nc1. The maximum atomic E-state index is 11.7. The number of rotatable bonds is 4. The molecule has 0 unspecified atom stereocenters. The standard InChI is InChI=1S/C12H17N3O/c13-6-10-4-5-11(14-8-10)12(16)15-7-9-2-1-3-9/h4-5,8-9H,1-3,6-7,13H2,(H,15,16). The van der Waals surface area contributed by atoms with E-state index in [2.05, 4.69) is 10.3 Å². The zero-order valence-corrected chi connectivity index (χ0v) is 9.28. The lowest BCUT2D eigenvalue weighted by Crippen LogP contribution is -2.32. The van der Waals surface area contributed by atoms with Crippen molar-refractivity contribution in [1.29, 1.82) is 0 Å². The lowest BCUT2D eigenvalue weighted by Gasteiger charge is -2.25. The van der Waals surface area contributed by atoms with Gasteiger partial charge in [0.1, 0.15) is 5.69 Å². The molecule has 0 atom stereocenters. The van der Waals surface area contributed by atoms with Crippen molar-refractivity contribution >= 4 is 5.91 Å². The summed E-state index contributed by atoms with van der Waals surface area (Å²) in [5, 5.41) is 2.91. The summed E-state index contributed by atoms with van der Waals surface area (Å²) in [5.74, 6) is 0.586. The fourth-order valence-electron chi connectivity index (χ4n) is 1.70. The van der Waals surface area contributed by atoms with E-state index in [-0.39, 0.29) is 5.91 Å². The molecule has 1 saturated carbocycles. The predicted molar refractivity (Wildman–Crippen MR) is 61.8 cm³/mol. The van der Waals surface area contributed by atoms with E-state index in [1.165, 1.54) is 19.3 Å². The highest BCUT2D eigenvalue weighted by Crippen LogP contribution is 2.25. The first-order valence-corrected chi connectivity index (χ1v) is 5.73. The Kier molecular flexibility index (Phi) is 3.51. The molecule has 1 aliphatic carbocycles. The Hall–Kier alpha value is -1.42. The van der Waals surface area contributed by atoms with Crippen LogP contribution in [0.25, 0.3) is 0 Å². The minimum atomic E-state index is -0.0875. The number of aromatic nitrogens is 1. The summed E-state index contributed by atoms with van der Waals surface area (Å²) in [6.45, 7) is 1.23. The molecule has 4 heteroatoms. The van der Waals surface area contributed by atoms with Crippen LogP contribution >= 0.6 is 0 Å². The third kappa shape index (κ3) is 2.58. The summed E-state index contributed by atoms with van der Waals surface area (Å²) < 4.78 is 0. The van der Waals surface area contributed by atoms with Gasteiger partial charge < -0.3 is 11.1 Å². The zero-order valence-electron chi connectivity index (χ0n) is 9.28.